The number of hydrogen-bond acceptors (Lipinski definition) is 3. The highest BCUT2D eigenvalue weighted by Crippen LogP contribution is 2.15. The van der Waals surface area contributed by atoms with Gasteiger partial charge in [-0.3, -0.25) is 9.89 Å². The van der Waals surface area contributed by atoms with Crippen LogP contribution in [0.15, 0.2) is 16.9 Å². The molecule has 7 heteroatoms. The Balaban J connectivity index is 2.54. The maximum absolute atomic E-state index is 13.1. The number of rotatable bonds is 3. The van der Waals surface area contributed by atoms with Gasteiger partial charge in [-0.25, -0.2) is 18.3 Å². The molecule has 0 radical (unpaired) electrons. The van der Waals surface area contributed by atoms with Crippen molar-refractivity contribution in [2.75, 3.05) is 6.61 Å². The lowest BCUT2D eigenvalue weighted by Crippen LogP contribution is -2.27. The van der Waals surface area contributed by atoms with Gasteiger partial charge in [0.15, 0.2) is 11.6 Å². The highest BCUT2D eigenvalue weighted by atomic mass is 19.2. The molecule has 0 bridgehead atoms. The number of benzene rings is 1. The smallest absolute Gasteiger partial charge is 0.330 e. The number of aromatic amines is 1. The molecule has 1 aromatic carbocycles. The molecule has 5 nitrogen and oxygen atoms in total. The molecular weight excluding hydrogens is 258 g/mol. The third-order valence-corrected chi connectivity index (χ3v) is 2.77. The highest BCUT2D eigenvalue weighted by Gasteiger charge is 2.21. The lowest BCUT2D eigenvalue weighted by Gasteiger charge is -2.10. The van der Waals surface area contributed by atoms with Crippen molar-refractivity contribution in [3.8, 4) is 0 Å². The van der Waals surface area contributed by atoms with Gasteiger partial charge in [0.05, 0.1) is 17.5 Å². The molecule has 19 heavy (non-hydrogen) atoms. The number of carbonyl (C=O) groups is 1. The molecule has 1 aromatic heterocycles. The van der Waals surface area contributed by atoms with E-state index in [0.717, 1.165) is 16.8 Å². The van der Waals surface area contributed by atoms with Crippen molar-refractivity contribution in [1.82, 2.24) is 9.78 Å². The first kappa shape index (κ1) is 13.3. The molecule has 0 spiro atoms. The molecule has 0 aliphatic rings. The monoisotopic (exact) mass is 270 g/mol. The van der Waals surface area contributed by atoms with Gasteiger partial charge >= 0.3 is 5.97 Å². The van der Waals surface area contributed by atoms with Crippen LogP contribution in [0.4, 0.5) is 8.78 Å². The van der Waals surface area contributed by atoms with Gasteiger partial charge in [0, 0.05) is 6.07 Å². The Kier molecular flexibility index (Phi) is 3.37. The van der Waals surface area contributed by atoms with Gasteiger partial charge < -0.3 is 4.74 Å². The molecule has 0 aliphatic heterocycles. The van der Waals surface area contributed by atoms with Gasteiger partial charge in [0.25, 0.3) is 5.56 Å². The van der Waals surface area contributed by atoms with Crippen LogP contribution < -0.4 is 5.56 Å². The van der Waals surface area contributed by atoms with Gasteiger partial charge in [0.2, 0.25) is 0 Å². The summed E-state index contributed by atoms with van der Waals surface area (Å²) in [6.07, 6.45) is 0. The average molecular weight is 270 g/mol. The fourth-order valence-electron chi connectivity index (χ4n) is 1.77. The highest BCUT2D eigenvalue weighted by molar-refractivity contribution is 5.79. The number of fused-ring (bicyclic) bond motifs is 1. The van der Waals surface area contributed by atoms with Crippen LogP contribution >= 0.6 is 0 Å². The third-order valence-electron chi connectivity index (χ3n) is 2.77. The minimum Gasteiger partial charge on any atom is -0.464 e. The largest absolute Gasteiger partial charge is 0.464 e. The summed E-state index contributed by atoms with van der Waals surface area (Å²) in [5.74, 6) is -2.78. The summed E-state index contributed by atoms with van der Waals surface area (Å²) in [7, 11) is 0. The fraction of sp³-hybridized carbons (Fsp3) is 0.333. The number of H-pyrrole nitrogens is 1. The number of aromatic nitrogens is 2. The topological polar surface area (TPSA) is 64.1 Å². The van der Waals surface area contributed by atoms with Crippen molar-refractivity contribution in [3.63, 3.8) is 0 Å². The van der Waals surface area contributed by atoms with E-state index in [1.54, 1.807) is 6.92 Å². The Morgan fingerprint density at radius 1 is 1.42 bits per heavy atom. The van der Waals surface area contributed by atoms with Crippen molar-refractivity contribution in [2.45, 2.75) is 19.9 Å². The first-order valence-electron chi connectivity index (χ1n) is 5.71. The number of ether oxygens (including phenoxy) is 1. The van der Waals surface area contributed by atoms with Gasteiger partial charge in [-0.05, 0) is 19.9 Å². The normalized spacial score (nSPS) is 12.6. The Morgan fingerprint density at radius 2 is 2.05 bits per heavy atom. The number of nitrogens with one attached hydrogen (secondary N) is 1. The Bertz CT molecular complexity index is 690. The van der Waals surface area contributed by atoms with Crippen molar-refractivity contribution in [3.05, 3.63) is 34.1 Å². The molecule has 1 unspecified atom stereocenters. The van der Waals surface area contributed by atoms with E-state index in [0.29, 0.717) is 0 Å². The van der Waals surface area contributed by atoms with E-state index in [4.69, 9.17) is 4.74 Å². The molecule has 102 valence electrons. The SMILES string of the molecule is CCOC(=O)C(C)n1[nH]c2cc(F)c(F)cc2c1=O. The Labute approximate surface area is 106 Å². The molecule has 2 rings (SSSR count). The minimum atomic E-state index is -1.11. The summed E-state index contributed by atoms with van der Waals surface area (Å²) >= 11 is 0. The minimum absolute atomic E-state index is 0.0185. The van der Waals surface area contributed by atoms with E-state index in [1.165, 1.54) is 6.92 Å². The number of hydrogen-bond donors (Lipinski definition) is 1. The van der Waals surface area contributed by atoms with E-state index in [2.05, 4.69) is 5.10 Å². The summed E-state index contributed by atoms with van der Waals surface area (Å²) in [6.45, 7) is 3.28. The van der Waals surface area contributed by atoms with E-state index in [1.807, 2.05) is 0 Å². The van der Waals surface area contributed by atoms with Crippen LogP contribution in [0.3, 0.4) is 0 Å². The zero-order valence-corrected chi connectivity index (χ0v) is 10.4. The third kappa shape index (κ3) is 2.23. The molecule has 1 atom stereocenters. The number of nitrogens with zero attached hydrogens (tertiary/aromatic N) is 1. The van der Waals surface area contributed by atoms with Gasteiger partial charge in [-0.2, -0.15) is 0 Å². The van der Waals surface area contributed by atoms with Crippen LogP contribution in [0, 0.1) is 11.6 Å². The Morgan fingerprint density at radius 3 is 2.68 bits per heavy atom. The van der Waals surface area contributed by atoms with Gasteiger partial charge in [-0.1, -0.05) is 0 Å². The first-order chi connectivity index (χ1) is 8.95. The van der Waals surface area contributed by atoms with Crippen LogP contribution in [0.5, 0.6) is 0 Å². The molecule has 0 saturated carbocycles. The fourth-order valence-corrected chi connectivity index (χ4v) is 1.77. The second-order valence-corrected chi connectivity index (χ2v) is 4.03. The van der Waals surface area contributed by atoms with Crippen LogP contribution in [0.25, 0.3) is 10.9 Å². The van der Waals surface area contributed by atoms with E-state index >= 15 is 0 Å². The summed E-state index contributed by atoms with van der Waals surface area (Å²) in [5, 5.41) is 2.55. The molecule has 0 fully saturated rings. The molecule has 1 N–H and O–H groups in total. The van der Waals surface area contributed by atoms with Crippen molar-refractivity contribution in [2.24, 2.45) is 0 Å². The predicted octanol–water partition coefficient (Wildman–Crippen LogP) is 1.73. The van der Waals surface area contributed by atoms with Crippen molar-refractivity contribution >= 4 is 16.9 Å². The number of esters is 1. The van der Waals surface area contributed by atoms with E-state index < -0.39 is 29.2 Å². The molecular formula is C12H12F2N2O3. The maximum Gasteiger partial charge on any atom is 0.330 e. The maximum atomic E-state index is 13.1. The average Bonchev–Trinajstić information content (AvgIpc) is 2.67. The Hall–Kier alpha value is -2.18. The standard InChI is InChI=1S/C12H12F2N2O3/c1-3-19-12(18)6(2)16-11(17)7-4-8(13)9(14)5-10(7)15-16/h4-6,15H,3H2,1-2H3. The van der Waals surface area contributed by atoms with Crippen LogP contribution in [-0.2, 0) is 9.53 Å². The summed E-state index contributed by atoms with van der Waals surface area (Å²) in [4.78, 5) is 23.5. The quantitative estimate of drug-likeness (QED) is 0.864. The predicted molar refractivity (Wildman–Crippen MR) is 63.8 cm³/mol. The lowest BCUT2D eigenvalue weighted by molar-refractivity contribution is -0.146. The zero-order chi connectivity index (χ0) is 14.2. The molecule has 1 heterocycles. The summed E-state index contributed by atoms with van der Waals surface area (Å²) in [6, 6.07) is 0.782. The summed E-state index contributed by atoms with van der Waals surface area (Å²) < 4.78 is 31.9. The second-order valence-electron chi connectivity index (χ2n) is 4.03. The summed E-state index contributed by atoms with van der Waals surface area (Å²) in [5.41, 5.74) is -0.477. The van der Waals surface area contributed by atoms with E-state index in [9.17, 15) is 18.4 Å². The van der Waals surface area contributed by atoms with Crippen LogP contribution in [-0.4, -0.2) is 22.4 Å². The molecule has 0 aliphatic carbocycles. The van der Waals surface area contributed by atoms with Crippen molar-refractivity contribution < 1.29 is 18.3 Å². The van der Waals surface area contributed by atoms with E-state index in [-0.39, 0.29) is 17.5 Å². The number of halogens is 2. The van der Waals surface area contributed by atoms with Gasteiger partial charge in [0.1, 0.15) is 6.04 Å². The molecule has 0 saturated heterocycles. The molecule has 2 aromatic rings. The lowest BCUT2D eigenvalue weighted by atomic mass is 10.2. The molecule has 0 amide bonds. The van der Waals surface area contributed by atoms with Crippen LogP contribution in [0.2, 0.25) is 0 Å². The van der Waals surface area contributed by atoms with Gasteiger partial charge in [-0.15, -0.1) is 0 Å². The second kappa shape index (κ2) is 4.83. The first-order valence-corrected chi connectivity index (χ1v) is 5.71. The number of carbonyl (C=O) groups excluding carboxylic acids is 1. The van der Waals surface area contributed by atoms with Crippen molar-refractivity contribution in [1.29, 1.82) is 0 Å². The van der Waals surface area contributed by atoms with Crippen LogP contribution in [0.1, 0.15) is 19.9 Å². The zero-order valence-electron chi connectivity index (χ0n) is 10.4.